The Hall–Kier alpha value is -1.09. The van der Waals surface area contributed by atoms with Gasteiger partial charge in [0, 0.05) is 17.3 Å². The van der Waals surface area contributed by atoms with E-state index in [1.54, 1.807) is 42.6 Å². The average Bonchev–Trinajstić information content (AvgIpc) is 2.30. The number of hydrogen-bond acceptors (Lipinski definition) is 2. The third kappa shape index (κ3) is 3.19. The van der Waals surface area contributed by atoms with Crippen LogP contribution in [0.15, 0.2) is 42.6 Å². The maximum atomic E-state index is 10.9. The number of aromatic nitrogens is 1. The van der Waals surface area contributed by atoms with Gasteiger partial charge in [0.2, 0.25) is 0 Å². The first-order chi connectivity index (χ1) is 7.68. The van der Waals surface area contributed by atoms with Crippen LogP contribution < -0.4 is 0 Å². The molecule has 0 saturated carbocycles. The van der Waals surface area contributed by atoms with Crippen LogP contribution in [0.25, 0.3) is 11.3 Å². The summed E-state index contributed by atoms with van der Waals surface area (Å²) in [6.45, 7) is 0. The molecule has 0 aliphatic carbocycles. The fraction of sp³-hybridized carbons (Fsp3) is 0. The van der Waals surface area contributed by atoms with Gasteiger partial charge in [-0.3, -0.25) is 9.78 Å². The zero-order valence-electron chi connectivity index (χ0n) is 8.56. The van der Waals surface area contributed by atoms with E-state index in [9.17, 15) is 4.79 Å². The van der Waals surface area contributed by atoms with Crippen molar-refractivity contribution in [3.63, 3.8) is 0 Å². The van der Waals surface area contributed by atoms with Gasteiger partial charge < -0.3 is 0 Å². The molecule has 0 amide bonds. The van der Waals surface area contributed by atoms with E-state index >= 15 is 0 Å². The first-order valence-corrected chi connectivity index (χ1v) is 5.35. The van der Waals surface area contributed by atoms with Gasteiger partial charge in [0.15, 0.2) is 0 Å². The topological polar surface area (TPSA) is 30.0 Å². The van der Waals surface area contributed by atoms with Crippen LogP contribution in [0.1, 0.15) is 10.4 Å². The highest BCUT2D eigenvalue weighted by Gasteiger charge is 2.05. The third-order valence-electron chi connectivity index (χ3n) is 2.14. The highest BCUT2D eigenvalue weighted by molar-refractivity contribution is 6.67. The zero-order valence-corrected chi connectivity index (χ0v) is 10.9. The van der Waals surface area contributed by atoms with E-state index in [2.05, 4.69) is 4.98 Å². The average molecular weight is 289 g/mol. The number of carbonyl (C=O) groups excluding carboxylic acids is 1. The van der Waals surface area contributed by atoms with Gasteiger partial charge in [-0.05, 0) is 35.9 Å². The molecule has 1 heterocycles. The van der Waals surface area contributed by atoms with Crippen LogP contribution in [0.2, 0.25) is 5.02 Å². The van der Waals surface area contributed by atoms with Crippen LogP contribution in [-0.4, -0.2) is 10.2 Å². The maximum Gasteiger partial charge on any atom is 0.252 e. The smallest absolute Gasteiger partial charge is 0.252 e. The molecule has 2 rings (SSSR count). The van der Waals surface area contributed by atoms with E-state index in [1.165, 1.54) is 0 Å². The van der Waals surface area contributed by atoms with Crippen LogP contribution in [0, 0.1) is 0 Å². The molecule has 0 bridgehead atoms. The molecule has 0 saturated heterocycles. The lowest BCUT2D eigenvalue weighted by Crippen LogP contribution is -1.89. The summed E-state index contributed by atoms with van der Waals surface area (Å²) in [5, 5.41) is 0.103. The Morgan fingerprint density at radius 1 is 1.12 bits per heavy atom. The molecule has 0 N–H and O–H groups in total. The zero-order chi connectivity index (χ0) is 11.5. The molecule has 17 heavy (non-hydrogen) atoms. The number of halogens is 3. The van der Waals surface area contributed by atoms with Gasteiger partial charge in [0.05, 0.1) is 10.7 Å². The van der Waals surface area contributed by atoms with Gasteiger partial charge in [0.25, 0.3) is 5.24 Å². The van der Waals surface area contributed by atoms with Gasteiger partial charge in [-0.15, -0.1) is 12.4 Å². The second-order valence-corrected chi connectivity index (χ2v) is 3.94. The molecule has 2 nitrogen and oxygen atoms in total. The summed E-state index contributed by atoms with van der Waals surface area (Å²) in [5.41, 5.74) is 2.00. The first-order valence-electron chi connectivity index (χ1n) is 4.59. The molecule has 0 aliphatic heterocycles. The van der Waals surface area contributed by atoms with E-state index < -0.39 is 5.24 Å². The SMILES string of the molecule is Cl.O=C(Cl)c1ccc(-c2ncccc2Cl)cc1. The molecular formula is C12H8Cl3NO. The molecule has 5 heteroatoms. The Bertz CT molecular complexity index is 526. The molecule has 0 atom stereocenters. The Morgan fingerprint density at radius 3 is 2.29 bits per heavy atom. The fourth-order valence-electron chi connectivity index (χ4n) is 1.36. The lowest BCUT2D eigenvalue weighted by atomic mass is 10.1. The number of carbonyl (C=O) groups is 1. The Balaban J connectivity index is 0.00000144. The Kier molecular flexibility index (Phi) is 4.94. The molecule has 0 radical (unpaired) electrons. The van der Waals surface area contributed by atoms with Gasteiger partial charge in [0.1, 0.15) is 0 Å². The maximum absolute atomic E-state index is 10.9. The molecule has 0 unspecified atom stereocenters. The highest BCUT2D eigenvalue weighted by atomic mass is 35.5. The van der Waals surface area contributed by atoms with E-state index in [-0.39, 0.29) is 12.4 Å². The number of benzene rings is 1. The van der Waals surface area contributed by atoms with Crippen molar-refractivity contribution < 1.29 is 4.79 Å². The van der Waals surface area contributed by atoms with E-state index in [4.69, 9.17) is 23.2 Å². The summed E-state index contributed by atoms with van der Waals surface area (Å²) in [6, 6.07) is 10.4. The standard InChI is InChI=1S/C12H7Cl2NO.ClH/c13-10-2-1-7-15-11(10)8-3-5-9(6-4-8)12(14)16;/h1-7H;1H. The normalized spacial score (nSPS) is 9.53. The highest BCUT2D eigenvalue weighted by Crippen LogP contribution is 2.25. The number of pyridine rings is 1. The quantitative estimate of drug-likeness (QED) is 0.775. The van der Waals surface area contributed by atoms with Crippen LogP contribution in [0.4, 0.5) is 0 Å². The molecule has 1 aromatic heterocycles. The Morgan fingerprint density at radius 2 is 1.76 bits per heavy atom. The fourth-order valence-corrected chi connectivity index (χ4v) is 1.71. The van der Waals surface area contributed by atoms with Crippen molar-refractivity contribution in [2.45, 2.75) is 0 Å². The molecule has 0 spiro atoms. The summed E-state index contributed by atoms with van der Waals surface area (Å²) in [5.74, 6) is 0. The van der Waals surface area contributed by atoms with Crippen molar-refractivity contribution in [3.05, 3.63) is 53.2 Å². The second-order valence-electron chi connectivity index (χ2n) is 3.18. The van der Waals surface area contributed by atoms with E-state index in [0.717, 1.165) is 5.56 Å². The third-order valence-corrected chi connectivity index (χ3v) is 2.67. The van der Waals surface area contributed by atoms with Crippen molar-refractivity contribution >= 4 is 40.9 Å². The van der Waals surface area contributed by atoms with Gasteiger partial charge in [-0.1, -0.05) is 23.7 Å². The summed E-state index contributed by atoms with van der Waals surface area (Å²) in [7, 11) is 0. The van der Waals surface area contributed by atoms with E-state index in [1.807, 2.05) is 0 Å². The monoisotopic (exact) mass is 287 g/mol. The molecular weight excluding hydrogens is 280 g/mol. The minimum atomic E-state index is -0.473. The van der Waals surface area contributed by atoms with Crippen molar-refractivity contribution in [3.8, 4) is 11.3 Å². The number of nitrogens with zero attached hydrogens (tertiary/aromatic N) is 1. The first kappa shape index (κ1) is 14.0. The van der Waals surface area contributed by atoms with Crippen molar-refractivity contribution in [2.24, 2.45) is 0 Å². The molecule has 88 valence electrons. The van der Waals surface area contributed by atoms with Crippen LogP contribution >= 0.6 is 35.6 Å². The summed E-state index contributed by atoms with van der Waals surface area (Å²) in [4.78, 5) is 15.1. The van der Waals surface area contributed by atoms with Gasteiger partial charge in [-0.2, -0.15) is 0 Å². The molecule has 0 aliphatic rings. The number of hydrogen-bond donors (Lipinski definition) is 0. The Labute approximate surface area is 115 Å². The second kappa shape index (κ2) is 6.01. The van der Waals surface area contributed by atoms with Gasteiger partial charge in [-0.25, -0.2) is 0 Å². The predicted molar refractivity (Wildman–Crippen MR) is 72.1 cm³/mol. The molecule has 0 fully saturated rings. The summed E-state index contributed by atoms with van der Waals surface area (Å²) < 4.78 is 0. The summed E-state index contributed by atoms with van der Waals surface area (Å²) >= 11 is 11.4. The van der Waals surface area contributed by atoms with E-state index in [0.29, 0.717) is 16.3 Å². The minimum Gasteiger partial charge on any atom is -0.276 e. The summed E-state index contributed by atoms with van der Waals surface area (Å²) in [6.07, 6.45) is 1.67. The minimum absolute atomic E-state index is 0. The van der Waals surface area contributed by atoms with Crippen molar-refractivity contribution in [1.29, 1.82) is 0 Å². The predicted octanol–water partition coefficient (Wildman–Crippen LogP) is 4.20. The molecule has 2 aromatic rings. The lowest BCUT2D eigenvalue weighted by Gasteiger charge is -2.03. The van der Waals surface area contributed by atoms with Crippen LogP contribution in [-0.2, 0) is 0 Å². The van der Waals surface area contributed by atoms with Crippen molar-refractivity contribution in [1.82, 2.24) is 4.98 Å². The van der Waals surface area contributed by atoms with Crippen molar-refractivity contribution in [2.75, 3.05) is 0 Å². The number of rotatable bonds is 2. The lowest BCUT2D eigenvalue weighted by molar-refractivity contribution is 0.108. The van der Waals surface area contributed by atoms with Crippen LogP contribution in [0.5, 0.6) is 0 Å². The van der Waals surface area contributed by atoms with Gasteiger partial charge >= 0.3 is 0 Å². The molecule has 1 aromatic carbocycles. The van der Waals surface area contributed by atoms with Crippen LogP contribution in [0.3, 0.4) is 0 Å². The largest absolute Gasteiger partial charge is 0.276 e.